The molecular formula is C15H22N2O. The first-order valence-corrected chi connectivity index (χ1v) is 6.77. The van der Waals surface area contributed by atoms with Crippen LogP contribution >= 0.6 is 0 Å². The molecule has 1 amide bonds. The number of anilines is 1. The van der Waals surface area contributed by atoms with E-state index in [0.29, 0.717) is 18.5 Å². The SMILES string of the molecule is CC(C)C1CCCN1C(=O)CNc1ccccc1. The van der Waals surface area contributed by atoms with Crippen molar-refractivity contribution in [3.05, 3.63) is 30.3 Å². The zero-order valence-corrected chi connectivity index (χ0v) is 11.2. The molecule has 1 heterocycles. The van der Waals surface area contributed by atoms with Crippen LogP contribution in [0.15, 0.2) is 30.3 Å². The highest BCUT2D eigenvalue weighted by molar-refractivity contribution is 5.81. The standard InChI is InChI=1S/C15H22N2O/c1-12(2)14-9-6-10-17(14)15(18)11-16-13-7-4-3-5-8-13/h3-5,7-8,12,14,16H,6,9-11H2,1-2H3. The van der Waals surface area contributed by atoms with E-state index in [2.05, 4.69) is 19.2 Å². The second kappa shape index (κ2) is 5.89. The average molecular weight is 246 g/mol. The lowest BCUT2D eigenvalue weighted by atomic mass is 10.0. The molecule has 0 aliphatic carbocycles. The van der Waals surface area contributed by atoms with E-state index in [1.807, 2.05) is 35.2 Å². The van der Waals surface area contributed by atoms with Gasteiger partial charge in [0.05, 0.1) is 6.54 Å². The van der Waals surface area contributed by atoms with Gasteiger partial charge in [0.25, 0.3) is 0 Å². The molecule has 0 radical (unpaired) electrons. The monoisotopic (exact) mass is 246 g/mol. The molecule has 0 spiro atoms. The summed E-state index contributed by atoms with van der Waals surface area (Å²) in [5.41, 5.74) is 1.01. The van der Waals surface area contributed by atoms with Crippen LogP contribution in [0.2, 0.25) is 0 Å². The van der Waals surface area contributed by atoms with Crippen LogP contribution in [0.3, 0.4) is 0 Å². The zero-order chi connectivity index (χ0) is 13.0. The van der Waals surface area contributed by atoms with Crippen LogP contribution in [-0.2, 0) is 4.79 Å². The van der Waals surface area contributed by atoms with Crippen LogP contribution in [0.1, 0.15) is 26.7 Å². The highest BCUT2D eigenvalue weighted by Crippen LogP contribution is 2.23. The number of para-hydroxylation sites is 1. The fraction of sp³-hybridized carbons (Fsp3) is 0.533. The van der Waals surface area contributed by atoms with Gasteiger partial charge in [-0.2, -0.15) is 0 Å². The van der Waals surface area contributed by atoms with Gasteiger partial charge in [0.15, 0.2) is 0 Å². The minimum atomic E-state index is 0.218. The van der Waals surface area contributed by atoms with Crippen LogP contribution in [0.25, 0.3) is 0 Å². The molecule has 1 aromatic rings. The molecular weight excluding hydrogens is 224 g/mol. The lowest BCUT2D eigenvalue weighted by Gasteiger charge is -2.28. The summed E-state index contributed by atoms with van der Waals surface area (Å²) in [6.45, 7) is 5.70. The number of likely N-dealkylation sites (tertiary alicyclic amines) is 1. The summed E-state index contributed by atoms with van der Waals surface area (Å²) in [5.74, 6) is 0.767. The second-order valence-corrected chi connectivity index (χ2v) is 5.26. The molecule has 1 unspecified atom stereocenters. The minimum Gasteiger partial charge on any atom is -0.376 e. The molecule has 2 rings (SSSR count). The Kier molecular flexibility index (Phi) is 4.24. The Balaban J connectivity index is 1.88. The minimum absolute atomic E-state index is 0.218. The zero-order valence-electron chi connectivity index (χ0n) is 11.2. The number of benzene rings is 1. The Morgan fingerprint density at radius 2 is 2.11 bits per heavy atom. The molecule has 3 heteroatoms. The van der Waals surface area contributed by atoms with E-state index in [4.69, 9.17) is 0 Å². The molecule has 3 nitrogen and oxygen atoms in total. The maximum Gasteiger partial charge on any atom is 0.242 e. The number of hydrogen-bond acceptors (Lipinski definition) is 2. The van der Waals surface area contributed by atoms with Gasteiger partial charge in [0, 0.05) is 18.3 Å². The second-order valence-electron chi connectivity index (χ2n) is 5.26. The number of amides is 1. The van der Waals surface area contributed by atoms with Crippen LogP contribution in [0.5, 0.6) is 0 Å². The van der Waals surface area contributed by atoms with E-state index in [1.165, 1.54) is 0 Å². The van der Waals surface area contributed by atoms with Crippen molar-refractivity contribution in [2.24, 2.45) is 5.92 Å². The van der Waals surface area contributed by atoms with Crippen molar-refractivity contribution in [1.82, 2.24) is 4.90 Å². The molecule has 1 N–H and O–H groups in total. The molecule has 1 aromatic carbocycles. The largest absolute Gasteiger partial charge is 0.376 e. The molecule has 1 atom stereocenters. The lowest BCUT2D eigenvalue weighted by Crippen LogP contribution is -2.41. The summed E-state index contributed by atoms with van der Waals surface area (Å²) in [6.07, 6.45) is 2.29. The highest BCUT2D eigenvalue weighted by Gasteiger charge is 2.30. The molecule has 0 bridgehead atoms. The van der Waals surface area contributed by atoms with Crippen molar-refractivity contribution in [1.29, 1.82) is 0 Å². The Morgan fingerprint density at radius 1 is 1.39 bits per heavy atom. The van der Waals surface area contributed by atoms with Crippen molar-refractivity contribution in [2.75, 3.05) is 18.4 Å². The predicted octanol–water partition coefficient (Wildman–Crippen LogP) is 2.75. The van der Waals surface area contributed by atoms with E-state index >= 15 is 0 Å². The van der Waals surface area contributed by atoms with Crippen LogP contribution in [0.4, 0.5) is 5.69 Å². The first-order valence-electron chi connectivity index (χ1n) is 6.77. The first kappa shape index (κ1) is 12.9. The van der Waals surface area contributed by atoms with Crippen LogP contribution in [-0.4, -0.2) is 29.9 Å². The molecule has 98 valence electrons. The van der Waals surface area contributed by atoms with Crippen molar-refractivity contribution in [3.63, 3.8) is 0 Å². The van der Waals surface area contributed by atoms with Gasteiger partial charge in [-0.25, -0.2) is 0 Å². The summed E-state index contributed by atoms with van der Waals surface area (Å²) in [7, 11) is 0. The number of hydrogen-bond donors (Lipinski definition) is 1. The average Bonchev–Trinajstić information content (AvgIpc) is 2.86. The number of nitrogens with one attached hydrogen (secondary N) is 1. The fourth-order valence-corrected chi connectivity index (χ4v) is 2.63. The summed E-state index contributed by atoms with van der Waals surface area (Å²) >= 11 is 0. The van der Waals surface area contributed by atoms with Gasteiger partial charge < -0.3 is 10.2 Å². The third-order valence-corrected chi connectivity index (χ3v) is 3.61. The Morgan fingerprint density at radius 3 is 2.78 bits per heavy atom. The Labute approximate surface area is 109 Å². The molecule has 1 fully saturated rings. The highest BCUT2D eigenvalue weighted by atomic mass is 16.2. The maximum atomic E-state index is 12.2. The maximum absolute atomic E-state index is 12.2. The summed E-state index contributed by atoms with van der Waals surface area (Å²) in [5, 5.41) is 3.19. The predicted molar refractivity (Wildman–Crippen MR) is 74.5 cm³/mol. The summed E-state index contributed by atoms with van der Waals surface area (Å²) < 4.78 is 0. The number of carbonyl (C=O) groups excluding carboxylic acids is 1. The third-order valence-electron chi connectivity index (χ3n) is 3.61. The Hall–Kier alpha value is -1.51. The van der Waals surface area contributed by atoms with Gasteiger partial charge in [-0.05, 0) is 30.9 Å². The van der Waals surface area contributed by atoms with E-state index in [9.17, 15) is 4.79 Å². The van der Waals surface area contributed by atoms with E-state index < -0.39 is 0 Å². The number of nitrogens with zero attached hydrogens (tertiary/aromatic N) is 1. The first-order chi connectivity index (χ1) is 8.68. The molecule has 0 aromatic heterocycles. The Bertz CT molecular complexity index is 389. The van der Waals surface area contributed by atoms with Crippen molar-refractivity contribution < 1.29 is 4.79 Å². The van der Waals surface area contributed by atoms with Gasteiger partial charge in [-0.1, -0.05) is 32.0 Å². The quantitative estimate of drug-likeness (QED) is 0.886. The van der Waals surface area contributed by atoms with Crippen molar-refractivity contribution >= 4 is 11.6 Å². The third kappa shape index (κ3) is 3.03. The van der Waals surface area contributed by atoms with Crippen molar-refractivity contribution in [2.45, 2.75) is 32.7 Å². The van der Waals surface area contributed by atoms with Gasteiger partial charge in [0.1, 0.15) is 0 Å². The molecule has 0 saturated carbocycles. The van der Waals surface area contributed by atoms with Gasteiger partial charge in [-0.3, -0.25) is 4.79 Å². The van der Waals surface area contributed by atoms with Crippen molar-refractivity contribution in [3.8, 4) is 0 Å². The summed E-state index contributed by atoms with van der Waals surface area (Å²) in [4.78, 5) is 14.2. The van der Waals surface area contributed by atoms with Crippen LogP contribution < -0.4 is 5.32 Å². The summed E-state index contributed by atoms with van der Waals surface area (Å²) in [6, 6.07) is 10.3. The number of carbonyl (C=O) groups is 1. The molecule has 1 aliphatic rings. The number of rotatable bonds is 4. The molecule has 18 heavy (non-hydrogen) atoms. The van der Waals surface area contributed by atoms with E-state index in [0.717, 1.165) is 25.1 Å². The van der Waals surface area contributed by atoms with E-state index in [1.54, 1.807) is 0 Å². The molecule has 1 saturated heterocycles. The topological polar surface area (TPSA) is 32.3 Å². The molecule has 1 aliphatic heterocycles. The van der Waals surface area contributed by atoms with Gasteiger partial charge >= 0.3 is 0 Å². The van der Waals surface area contributed by atoms with E-state index in [-0.39, 0.29) is 5.91 Å². The fourth-order valence-electron chi connectivity index (χ4n) is 2.63. The van der Waals surface area contributed by atoms with Crippen LogP contribution in [0, 0.1) is 5.92 Å². The van der Waals surface area contributed by atoms with Gasteiger partial charge in [0.2, 0.25) is 5.91 Å². The lowest BCUT2D eigenvalue weighted by molar-refractivity contribution is -0.130. The van der Waals surface area contributed by atoms with Gasteiger partial charge in [-0.15, -0.1) is 0 Å². The normalized spacial score (nSPS) is 19.3. The smallest absolute Gasteiger partial charge is 0.242 e.